The third-order valence-electron chi connectivity index (χ3n) is 2.87. The Morgan fingerprint density at radius 2 is 1.94 bits per heavy atom. The Bertz CT molecular complexity index is 459. The molecule has 5 heteroatoms. The molecule has 5 nitrogen and oxygen atoms in total. The van der Waals surface area contributed by atoms with Gasteiger partial charge in [-0.3, -0.25) is 4.79 Å². The molecule has 1 aliphatic heterocycles. The highest BCUT2D eigenvalue weighted by Crippen LogP contribution is 2.36. The van der Waals surface area contributed by atoms with Gasteiger partial charge in [0.15, 0.2) is 11.5 Å². The average Bonchev–Trinajstić information content (AvgIpc) is 2.37. The molecule has 1 heterocycles. The maximum absolute atomic E-state index is 11.3. The number of carbonyl (C=O) groups is 1. The number of fused-ring (bicyclic) bond motifs is 1. The van der Waals surface area contributed by atoms with Gasteiger partial charge in [0.05, 0.1) is 7.11 Å². The third kappa shape index (κ3) is 2.50. The highest BCUT2D eigenvalue weighted by molar-refractivity contribution is 5.76. The number of methoxy groups -OCH3 is 1. The second kappa shape index (κ2) is 5.16. The van der Waals surface area contributed by atoms with Gasteiger partial charge < -0.3 is 19.1 Å². The summed E-state index contributed by atoms with van der Waals surface area (Å²) in [6.07, 6.45) is 0. The van der Waals surface area contributed by atoms with Crippen LogP contribution in [0.4, 0.5) is 5.69 Å². The molecule has 18 heavy (non-hydrogen) atoms. The van der Waals surface area contributed by atoms with Crippen LogP contribution in [-0.2, 0) is 9.53 Å². The molecule has 0 saturated heterocycles. The monoisotopic (exact) mass is 251 g/mol. The summed E-state index contributed by atoms with van der Waals surface area (Å²) in [5.74, 6) is 1.21. The number of rotatable bonds is 3. The van der Waals surface area contributed by atoms with Gasteiger partial charge >= 0.3 is 5.97 Å². The fraction of sp³-hybridized carbons (Fsp3) is 0.462. The summed E-state index contributed by atoms with van der Waals surface area (Å²) < 4.78 is 15.7. The zero-order valence-electron chi connectivity index (χ0n) is 10.9. The van der Waals surface area contributed by atoms with E-state index < -0.39 is 0 Å². The SMILES string of the molecule is COC(=O)CN(C)c1cc2c(cc1C)OCCO2. The van der Waals surface area contributed by atoms with Crippen molar-refractivity contribution in [2.45, 2.75) is 6.92 Å². The third-order valence-corrected chi connectivity index (χ3v) is 2.87. The predicted octanol–water partition coefficient (Wildman–Crippen LogP) is 1.38. The van der Waals surface area contributed by atoms with Crippen LogP contribution < -0.4 is 14.4 Å². The van der Waals surface area contributed by atoms with Gasteiger partial charge in [0.2, 0.25) is 0 Å². The van der Waals surface area contributed by atoms with Crippen LogP contribution in [0.25, 0.3) is 0 Å². The zero-order chi connectivity index (χ0) is 13.1. The van der Waals surface area contributed by atoms with Gasteiger partial charge in [-0.2, -0.15) is 0 Å². The topological polar surface area (TPSA) is 48.0 Å². The number of hydrogen-bond acceptors (Lipinski definition) is 5. The molecule has 0 radical (unpaired) electrons. The lowest BCUT2D eigenvalue weighted by Gasteiger charge is -2.24. The van der Waals surface area contributed by atoms with Crippen molar-refractivity contribution in [3.05, 3.63) is 17.7 Å². The molecule has 0 atom stereocenters. The zero-order valence-corrected chi connectivity index (χ0v) is 10.9. The highest BCUT2D eigenvalue weighted by atomic mass is 16.6. The molecular weight excluding hydrogens is 234 g/mol. The average molecular weight is 251 g/mol. The maximum atomic E-state index is 11.3. The number of ether oxygens (including phenoxy) is 3. The maximum Gasteiger partial charge on any atom is 0.325 e. The molecule has 1 aliphatic rings. The summed E-state index contributed by atoms with van der Waals surface area (Å²) in [4.78, 5) is 13.1. The molecule has 0 spiro atoms. The van der Waals surface area contributed by atoms with E-state index in [1.807, 2.05) is 31.0 Å². The predicted molar refractivity (Wildman–Crippen MR) is 67.5 cm³/mol. The number of nitrogens with zero attached hydrogens (tertiary/aromatic N) is 1. The Labute approximate surface area is 106 Å². The molecule has 0 saturated carbocycles. The standard InChI is InChI=1S/C13H17NO4/c1-9-6-11-12(18-5-4-17-11)7-10(9)14(2)8-13(15)16-3/h6-7H,4-5,8H2,1-3H3. The van der Waals surface area contributed by atoms with E-state index in [9.17, 15) is 4.79 Å². The highest BCUT2D eigenvalue weighted by Gasteiger charge is 2.17. The molecule has 0 fully saturated rings. The molecule has 0 amide bonds. The number of carbonyl (C=O) groups excluding carboxylic acids is 1. The van der Waals surface area contributed by atoms with E-state index in [1.54, 1.807) is 0 Å². The first-order valence-corrected chi connectivity index (χ1v) is 5.80. The van der Waals surface area contributed by atoms with E-state index in [-0.39, 0.29) is 12.5 Å². The molecule has 0 N–H and O–H groups in total. The molecule has 98 valence electrons. The number of hydrogen-bond donors (Lipinski definition) is 0. The first kappa shape index (κ1) is 12.5. The molecule has 0 aromatic heterocycles. The minimum Gasteiger partial charge on any atom is -0.486 e. The lowest BCUT2D eigenvalue weighted by atomic mass is 10.1. The van der Waals surface area contributed by atoms with Crippen LogP contribution in [0.3, 0.4) is 0 Å². The van der Waals surface area contributed by atoms with Gasteiger partial charge in [0.25, 0.3) is 0 Å². The summed E-state index contributed by atoms with van der Waals surface area (Å²) in [7, 11) is 3.22. The summed E-state index contributed by atoms with van der Waals surface area (Å²) in [6, 6.07) is 3.82. The Morgan fingerprint density at radius 1 is 1.33 bits per heavy atom. The van der Waals surface area contributed by atoms with Gasteiger partial charge in [-0.05, 0) is 18.6 Å². The van der Waals surface area contributed by atoms with Crippen molar-refractivity contribution in [3.8, 4) is 11.5 Å². The molecule has 2 rings (SSSR count). The van der Waals surface area contributed by atoms with Crippen molar-refractivity contribution >= 4 is 11.7 Å². The lowest BCUT2D eigenvalue weighted by molar-refractivity contribution is -0.138. The summed E-state index contributed by atoms with van der Waals surface area (Å²) >= 11 is 0. The number of likely N-dealkylation sites (N-methyl/N-ethyl adjacent to an activating group) is 1. The second-order valence-electron chi connectivity index (χ2n) is 4.21. The Kier molecular flexibility index (Phi) is 3.60. The largest absolute Gasteiger partial charge is 0.486 e. The van der Waals surface area contributed by atoms with E-state index in [4.69, 9.17) is 9.47 Å². The van der Waals surface area contributed by atoms with Gasteiger partial charge in [-0.1, -0.05) is 0 Å². The van der Waals surface area contributed by atoms with Gasteiger partial charge in [-0.25, -0.2) is 0 Å². The van der Waals surface area contributed by atoms with Crippen molar-refractivity contribution in [2.75, 3.05) is 38.8 Å². The summed E-state index contributed by atoms with van der Waals surface area (Å²) in [5.41, 5.74) is 1.97. The smallest absolute Gasteiger partial charge is 0.325 e. The van der Waals surface area contributed by atoms with Crippen LogP contribution in [0, 0.1) is 6.92 Å². The van der Waals surface area contributed by atoms with Gasteiger partial charge in [0, 0.05) is 18.8 Å². The molecule has 0 aliphatic carbocycles. The second-order valence-corrected chi connectivity index (χ2v) is 4.21. The van der Waals surface area contributed by atoms with E-state index in [2.05, 4.69) is 4.74 Å². The number of anilines is 1. The van der Waals surface area contributed by atoms with E-state index >= 15 is 0 Å². The van der Waals surface area contributed by atoms with Gasteiger partial charge in [0.1, 0.15) is 19.8 Å². The van der Waals surface area contributed by atoms with Crippen molar-refractivity contribution in [2.24, 2.45) is 0 Å². The van der Waals surface area contributed by atoms with Crippen molar-refractivity contribution in [3.63, 3.8) is 0 Å². The quantitative estimate of drug-likeness (QED) is 0.759. The van der Waals surface area contributed by atoms with Crippen molar-refractivity contribution in [1.82, 2.24) is 0 Å². The fourth-order valence-electron chi connectivity index (χ4n) is 1.93. The molecular formula is C13H17NO4. The van der Waals surface area contributed by atoms with Crippen LogP contribution in [-0.4, -0.2) is 39.9 Å². The fourth-order valence-corrected chi connectivity index (χ4v) is 1.93. The molecule has 0 unspecified atom stereocenters. The number of aryl methyl sites for hydroxylation is 1. The Hall–Kier alpha value is -1.91. The minimum atomic E-state index is -0.271. The van der Waals surface area contributed by atoms with Crippen LogP contribution in [0.2, 0.25) is 0 Å². The van der Waals surface area contributed by atoms with E-state index in [0.29, 0.717) is 13.2 Å². The van der Waals surface area contributed by atoms with E-state index in [0.717, 1.165) is 22.7 Å². The summed E-state index contributed by atoms with van der Waals surface area (Å²) in [5, 5.41) is 0. The first-order chi connectivity index (χ1) is 8.61. The Balaban J connectivity index is 2.24. The van der Waals surface area contributed by atoms with Crippen molar-refractivity contribution in [1.29, 1.82) is 0 Å². The molecule has 1 aromatic rings. The summed E-state index contributed by atoms with van der Waals surface area (Å²) in [6.45, 7) is 3.30. The lowest BCUT2D eigenvalue weighted by Crippen LogP contribution is -2.27. The molecule has 0 bridgehead atoms. The van der Waals surface area contributed by atoms with Crippen LogP contribution in [0.15, 0.2) is 12.1 Å². The molecule has 1 aromatic carbocycles. The minimum absolute atomic E-state index is 0.205. The Morgan fingerprint density at radius 3 is 2.56 bits per heavy atom. The number of esters is 1. The van der Waals surface area contributed by atoms with Crippen LogP contribution in [0.1, 0.15) is 5.56 Å². The van der Waals surface area contributed by atoms with Crippen molar-refractivity contribution < 1.29 is 19.0 Å². The van der Waals surface area contributed by atoms with E-state index in [1.165, 1.54) is 7.11 Å². The normalized spacial score (nSPS) is 13.1. The van der Waals surface area contributed by atoms with Crippen LogP contribution >= 0.6 is 0 Å². The van der Waals surface area contributed by atoms with Crippen LogP contribution in [0.5, 0.6) is 11.5 Å². The number of benzene rings is 1. The van der Waals surface area contributed by atoms with Gasteiger partial charge in [-0.15, -0.1) is 0 Å². The first-order valence-electron chi connectivity index (χ1n) is 5.80.